The molecule has 4 heteroatoms. The first kappa shape index (κ1) is 19.0. The van der Waals surface area contributed by atoms with Crippen molar-refractivity contribution in [2.75, 3.05) is 20.3 Å². The van der Waals surface area contributed by atoms with E-state index in [0.717, 1.165) is 17.5 Å². The molecule has 25 heavy (non-hydrogen) atoms. The average Bonchev–Trinajstić information content (AvgIpc) is 2.62. The van der Waals surface area contributed by atoms with Crippen LogP contribution in [0.4, 0.5) is 0 Å². The Kier molecular flexibility index (Phi) is 7.51. The number of hydrogen-bond acceptors (Lipinski definition) is 4. The van der Waals surface area contributed by atoms with Gasteiger partial charge in [0.2, 0.25) is 0 Å². The normalized spacial score (nSPS) is 13.8. The van der Waals surface area contributed by atoms with Gasteiger partial charge in [-0.05, 0) is 48.7 Å². The Balaban J connectivity index is 2.12. The number of aromatic hydroxyl groups is 2. The third kappa shape index (κ3) is 5.93. The highest BCUT2D eigenvalue weighted by molar-refractivity contribution is 5.50. The van der Waals surface area contributed by atoms with Crippen LogP contribution < -0.4 is 0 Å². The second-order valence-corrected chi connectivity index (χ2v) is 5.91. The van der Waals surface area contributed by atoms with E-state index in [2.05, 4.69) is 6.08 Å². The molecule has 0 radical (unpaired) electrons. The Bertz CT molecular complexity index is 647. The van der Waals surface area contributed by atoms with Gasteiger partial charge in [0.25, 0.3) is 0 Å². The second kappa shape index (κ2) is 9.87. The second-order valence-electron chi connectivity index (χ2n) is 5.91. The lowest BCUT2D eigenvalue weighted by Gasteiger charge is -2.26. The third-order valence-corrected chi connectivity index (χ3v) is 4.02. The molecule has 0 unspecified atom stereocenters. The number of phenolic OH excluding ortho intramolecular Hbond substituents is 2. The summed E-state index contributed by atoms with van der Waals surface area (Å²) in [7, 11) is 1.69. The lowest BCUT2D eigenvalue weighted by Crippen LogP contribution is -2.20. The van der Waals surface area contributed by atoms with Gasteiger partial charge >= 0.3 is 0 Å². The summed E-state index contributed by atoms with van der Waals surface area (Å²) in [5.74, 6) is 0.663. The molecule has 0 heterocycles. The summed E-state index contributed by atoms with van der Waals surface area (Å²) in [5.41, 5.74) is 2.06. The molecule has 2 aromatic carbocycles. The molecular weight excluding hydrogens is 316 g/mol. The molecule has 0 bridgehead atoms. The van der Waals surface area contributed by atoms with E-state index < -0.39 is 0 Å². The number of benzene rings is 2. The maximum Gasteiger partial charge on any atom is 0.115 e. The summed E-state index contributed by atoms with van der Waals surface area (Å²) in [4.78, 5) is 0. The van der Waals surface area contributed by atoms with Gasteiger partial charge in [-0.2, -0.15) is 0 Å². The SMILES string of the molecule is CCO[C@@H](c1ccc(O)cc1)[C@@H](C/C=C/c1ccc(O)cc1)COC. The van der Waals surface area contributed by atoms with Gasteiger partial charge in [-0.15, -0.1) is 0 Å². The molecule has 0 spiro atoms. The summed E-state index contributed by atoms with van der Waals surface area (Å²) in [6.45, 7) is 3.16. The van der Waals surface area contributed by atoms with Crippen LogP contribution in [0.2, 0.25) is 0 Å². The van der Waals surface area contributed by atoms with Gasteiger partial charge in [0.05, 0.1) is 12.7 Å². The van der Waals surface area contributed by atoms with Crippen molar-refractivity contribution in [2.24, 2.45) is 5.92 Å². The van der Waals surface area contributed by atoms with Gasteiger partial charge in [0.1, 0.15) is 11.5 Å². The van der Waals surface area contributed by atoms with Crippen molar-refractivity contribution in [3.8, 4) is 11.5 Å². The van der Waals surface area contributed by atoms with E-state index in [1.165, 1.54) is 0 Å². The van der Waals surface area contributed by atoms with Crippen LogP contribution in [0.5, 0.6) is 11.5 Å². The molecule has 0 fully saturated rings. The highest BCUT2D eigenvalue weighted by atomic mass is 16.5. The van der Waals surface area contributed by atoms with Crippen LogP contribution in [0.15, 0.2) is 54.6 Å². The molecular formula is C21H26O4. The van der Waals surface area contributed by atoms with Crippen LogP contribution >= 0.6 is 0 Å². The molecule has 2 rings (SSSR count). The summed E-state index contributed by atoms with van der Waals surface area (Å²) in [6.07, 6.45) is 4.82. The van der Waals surface area contributed by atoms with Crippen molar-refractivity contribution < 1.29 is 19.7 Å². The Morgan fingerprint density at radius 1 is 0.960 bits per heavy atom. The maximum atomic E-state index is 9.50. The van der Waals surface area contributed by atoms with Gasteiger partial charge < -0.3 is 19.7 Å². The molecule has 0 aliphatic rings. The van der Waals surface area contributed by atoms with E-state index in [1.54, 1.807) is 31.4 Å². The van der Waals surface area contributed by atoms with Crippen LogP contribution in [0.1, 0.15) is 30.6 Å². The molecule has 2 atom stereocenters. The van der Waals surface area contributed by atoms with E-state index in [0.29, 0.717) is 13.2 Å². The minimum Gasteiger partial charge on any atom is -0.508 e. The quantitative estimate of drug-likeness (QED) is 0.702. The molecule has 0 aliphatic heterocycles. The predicted octanol–water partition coefficient (Wildman–Crippen LogP) is 4.54. The zero-order chi connectivity index (χ0) is 18.1. The average molecular weight is 342 g/mol. The summed E-state index contributed by atoms with van der Waals surface area (Å²) in [6, 6.07) is 14.2. The first-order chi connectivity index (χ1) is 12.1. The molecule has 0 saturated heterocycles. The largest absolute Gasteiger partial charge is 0.508 e. The van der Waals surface area contributed by atoms with E-state index in [-0.39, 0.29) is 23.5 Å². The number of hydrogen-bond donors (Lipinski definition) is 2. The first-order valence-corrected chi connectivity index (χ1v) is 8.49. The molecule has 0 aromatic heterocycles. The minimum absolute atomic E-state index is 0.102. The van der Waals surface area contributed by atoms with Crippen LogP contribution in [0.25, 0.3) is 6.08 Å². The van der Waals surface area contributed by atoms with E-state index in [4.69, 9.17) is 9.47 Å². The number of rotatable bonds is 9. The van der Waals surface area contributed by atoms with Crippen molar-refractivity contribution in [3.63, 3.8) is 0 Å². The fourth-order valence-corrected chi connectivity index (χ4v) is 2.81. The van der Waals surface area contributed by atoms with E-state index in [9.17, 15) is 10.2 Å². The van der Waals surface area contributed by atoms with E-state index in [1.807, 2.05) is 37.3 Å². The topological polar surface area (TPSA) is 58.9 Å². The smallest absolute Gasteiger partial charge is 0.115 e. The minimum atomic E-state index is -0.102. The highest BCUT2D eigenvalue weighted by Gasteiger charge is 2.23. The zero-order valence-electron chi connectivity index (χ0n) is 14.8. The number of ether oxygens (including phenoxy) is 2. The molecule has 2 N–H and O–H groups in total. The van der Waals surface area contributed by atoms with Crippen molar-refractivity contribution in [3.05, 3.63) is 65.7 Å². The molecule has 0 saturated carbocycles. The monoisotopic (exact) mass is 342 g/mol. The van der Waals surface area contributed by atoms with Crippen LogP contribution in [0, 0.1) is 5.92 Å². The molecule has 134 valence electrons. The van der Waals surface area contributed by atoms with Gasteiger partial charge in [-0.3, -0.25) is 0 Å². The summed E-state index contributed by atoms with van der Waals surface area (Å²) >= 11 is 0. The van der Waals surface area contributed by atoms with Crippen molar-refractivity contribution in [1.82, 2.24) is 0 Å². The lowest BCUT2D eigenvalue weighted by atomic mass is 9.92. The summed E-state index contributed by atoms with van der Waals surface area (Å²) in [5, 5.41) is 18.8. The van der Waals surface area contributed by atoms with Crippen molar-refractivity contribution >= 4 is 6.08 Å². The molecule has 2 aromatic rings. The predicted molar refractivity (Wildman–Crippen MR) is 99.6 cm³/mol. The van der Waals surface area contributed by atoms with Crippen LogP contribution in [-0.2, 0) is 9.47 Å². The fourth-order valence-electron chi connectivity index (χ4n) is 2.81. The Morgan fingerprint density at radius 3 is 2.12 bits per heavy atom. The Hall–Kier alpha value is -2.30. The number of methoxy groups -OCH3 is 1. The van der Waals surface area contributed by atoms with E-state index >= 15 is 0 Å². The Morgan fingerprint density at radius 2 is 1.56 bits per heavy atom. The van der Waals surface area contributed by atoms with Crippen LogP contribution in [0.3, 0.4) is 0 Å². The zero-order valence-corrected chi connectivity index (χ0v) is 14.8. The van der Waals surface area contributed by atoms with Crippen LogP contribution in [-0.4, -0.2) is 30.5 Å². The number of phenols is 2. The Labute approximate surface area is 149 Å². The number of allylic oxidation sites excluding steroid dienone is 1. The summed E-state index contributed by atoms with van der Waals surface area (Å²) < 4.78 is 11.4. The third-order valence-electron chi connectivity index (χ3n) is 4.02. The molecule has 0 aliphatic carbocycles. The van der Waals surface area contributed by atoms with Gasteiger partial charge in [0.15, 0.2) is 0 Å². The highest BCUT2D eigenvalue weighted by Crippen LogP contribution is 2.30. The maximum absolute atomic E-state index is 9.50. The fraction of sp³-hybridized carbons (Fsp3) is 0.333. The lowest BCUT2D eigenvalue weighted by molar-refractivity contribution is -0.00937. The van der Waals surface area contributed by atoms with Gasteiger partial charge in [-0.1, -0.05) is 36.4 Å². The standard InChI is InChI=1S/C21H26O4/c1-3-25-21(17-9-13-20(23)14-10-17)18(15-24-2)6-4-5-16-7-11-19(22)12-8-16/h4-5,7-14,18,21-23H,3,6,15H2,1-2H3/b5-4+/t18-,21-/m0/s1. The van der Waals surface area contributed by atoms with Crippen molar-refractivity contribution in [2.45, 2.75) is 19.4 Å². The first-order valence-electron chi connectivity index (χ1n) is 8.49. The van der Waals surface area contributed by atoms with Gasteiger partial charge in [0, 0.05) is 19.6 Å². The van der Waals surface area contributed by atoms with Crippen molar-refractivity contribution in [1.29, 1.82) is 0 Å². The molecule has 0 amide bonds. The van der Waals surface area contributed by atoms with Gasteiger partial charge in [-0.25, -0.2) is 0 Å². The molecule has 4 nitrogen and oxygen atoms in total.